The third-order valence-electron chi connectivity index (χ3n) is 5.05. The molecular formula is C20H22Cl2N4O3. The summed E-state index contributed by atoms with van der Waals surface area (Å²) in [4.78, 5) is 28.0. The summed E-state index contributed by atoms with van der Waals surface area (Å²) < 4.78 is 0. The van der Waals surface area contributed by atoms with Crippen LogP contribution in [0.1, 0.15) is 28.9 Å². The molecule has 1 amide bonds. The van der Waals surface area contributed by atoms with E-state index in [2.05, 4.69) is 10.2 Å². The van der Waals surface area contributed by atoms with Crippen LogP contribution in [0.15, 0.2) is 36.4 Å². The summed E-state index contributed by atoms with van der Waals surface area (Å²) >= 11 is 12.1. The fraction of sp³-hybridized carbons (Fsp3) is 0.350. The summed E-state index contributed by atoms with van der Waals surface area (Å²) in [5.41, 5.74) is 1.41. The van der Waals surface area contributed by atoms with Crippen molar-refractivity contribution in [3.05, 3.63) is 67.7 Å². The molecule has 1 heterocycles. The van der Waals surface area contributed by atoms with Crippen molar-refractivity contribution in [2.75, 3.05) is 38.1 Å². The smallest absolute Gasteiger partial charge is 0.293 e. The van der Waals surface area contributed by atoms with E-state index in [9.17, 15) is 14.9 Å². The lowest BCUT2D eigenvalue weighted by Gasteiger charge is -2.33. The summed E-state index contributed by atoms with van der Waals surface area (Å²) in [5.74, 6) is -0.406. The maximum absolute atomic E-state index is 12.7. The summed E-state index contributed by atoms with van der Waals surface area (Å²) in [7, 11) is 2.02. The van der Waals surface area contributed by atoms with Crippen molar-refractivity contribution >= 4 is 40.5 Å². The molecule has 1 aliphatic heterocycles. The molecule has 0 aromatic heterocycles. The number of rotatable bonds is 5. The maximum atomic E-state index is 12.7. The first-order valence-electron chi connectivity index (χ1n) is 9.24. The Morgan fingerprint density at radius 2 is 1.83 bits per heavy atom. The summed E-state index contributed by atoms with van der Waals surface area (Å²) in [5, 5.41) is 15.4. The molecule has 2 aromatic carbocycles. The van der Waals surface area contributed by atoms with Crippen LogP contribution in [0, 0.1) is 10.1 Å². The summed E-state index contributed by atoms with van der Waals surface area (Å²) in [6.07, 6.45) is 0. The fourth-order valence-electron chi connectivity index (χ4n) is 3.34. The van der Waals surface area contributed by atoms with Gasteiger partial charge in [-0.3, -0.25) is 14.9 Å². The highest BCUT2D eigenvalue weighted by molar-refractivity contribution is 6.35. The Balaban J connectivity index is 1.80. The Morgan fingerprint density at radius 3 is 2.45 bits per heavy atom. The number of halogens is 2. The number of hydrogen-bond donors (Lipinski definition) is 1. The second-order valence-corrected chi connectivity index (χ2v) is 7.96. The first kappa shape index (κ1) is 21.4. The molecule has 1 atom stereocenters. The number of nitrogens with zero attached hydrogens (tertiary/aromatic N) is 3. The van der Waals surface area contributed by atoms with Crippen molar-refractivity contribution in [3.8, 4) is 0 Å². The number of hydrogen-bond acceptors (Lipinski definition) is 5. The topological polar surface area (TPSA) is 78.7 Å². The zero-order valence-electron chi connectivity index (χ0n) is 16.2. The van der Waals surface area contributed by atoms with Crippen LogP contribution in [0.3, 0.4) is 0 Å². The predicted octanol–water partition coefficient (Wildman–Crippen LogP) is 4.14. The van der Waals surface area contributed by atoms with Gasteiger partial charge in [0.1, 0.15) is 5.69 Å². The first-order chi connectivity index (χ1) is 13.8. The number of amides is 1. The minimum absolute atomic E-state index is 0.0700. The van der Waals surface area contributed by atoms with E-state index in [0.717, 1.165) is 13.1 Å². The lowest BCUT2D eigenvalue weighted by Crippen LogP contribution is -2.44. The molecule has 0 spiro atoms. The van der Waals surface area contributed by atoms with Crippen LogP contribution < -0.4 is 10.2 Å². The van der Waals surface area contributed by atoms with Crippen LogP contribution in [0.4, 0.5) is 11.4 Å². The Morgan fingerprint density at radius 1 is 1.14 bits per heavy atom. The number of carbonyl (C=O) groups excluding carboxylic acids is 1. The molecule has 2 aromatic rings. The molecule has 7 nitrogen and oxygen atoms in total. The van der Waals surface area contributed by atoms with Crippen molar-refractivity contribution in [1.29, 1.82) is 0 Å². The molecule has 3 rings (SSSR count). The molecule has 29 heavy (non-hydrogen) atoms. The van der Waals surface area contributed by atoms with Gasteiger partial charge in [-0.1, -0.05) is 29.3 Å². The minimum Gasteiger partial charge on any atom is -0.363 e. The van der Waals surface area contributed by atoms with Gasteiger partial charge in [-0.15, -0.1) is 0 Å². The molecule has 0 saturated carbocycles. The standard InChI is InChI=1S/C20H22Cl2N4O3/c1-13(16-5-4-15(21)12-17(16)22)23-20(27)14-3-6-18(19(11-14)26(28)29)25-9-7-24(2)8-10-25/h3-6,11-13H,7-10H2,1-2H3,(H,23,27). The van der Waals surface area contributed by atoms with Crippen LogP contribution in [0.2, 0.25) is 10.0 Å². The van der Waals surface area contributed by atoms with Gasteiger partial charge >= 0.3 is 0 Å². The number of nitrogens with one attached hydrogen (secondary N) is 1. The highest BCUT2D eigenvalue weighted by Crippen LogP contribution is 2.31. The molecule has 1 fully saturated rings. The van der Waals surface area contributed by atoms with Gasteiger partial charge in [0.05, 0.1) is 11.0 Å². The van der Waals surface area contributed by atoms with Crippen LogP contribution >= 0.6 is 23.2 Å². The van der Waals surface area contributed by atoms with E-state index in [1.54, 1.807) is 37.3 Å². The number of nitro benzene ring substituents is 1. The minimum atomic E-state index is -0.441. The largest absolute Gasteiger partial charge is 0.363 e. The van der Waals surface area contributed by atoms with Crippen molar-refractivity contribution in [2.24, 2.45) is 0 Å². The zero-order chi connectivity index (χ0) is 21.1. The summed E-state index contributed by atoms with van der Waals surface area (Å²) in [6.45, 7) is 4.86. The molecule has 0 bridgehead atoms. The number of carbonyl (C=O) groups is 1. The number of nitro groups is 1. The highest BCUT2D eigenvalue weighted by Gasteiger charge is 2.25. The van der Waals surface area contributed by atoms with Crippen molar-refractivity contribution in [1.82, 2.24) is 10.2 Å². The Labute approximate surface area is 179 Å². The monoisotopic (exact) mass is 436 g/mol. The van der Waals surface area contributed by atoms with Crippen molar-refractivity contribution in [2.45, 2.75) is 13.0 Å². The molecule has 1 aliphatic rings. The van der Waals surface area contributed by atoms with E-state index in [0.29, 0.717) is 34.4 Å². The third kappa shape index (κ3) is 4.98. The molecule has 0 aliphatic carbocycles. The highest BCUT2D eigenvalue weighted by atomic mass is 35.5. The third-order valence-corrected chi connectivity index (χ3v) is 5.62. The molecule has 9 heteroatoms. The molecular weight excluding hydrogens is 415 g/mol. The molecule has 1 N–H and O–H groups in total. The van der Waals surface area contributed by atoms with E-state index < -0.39 is 10.8 Å². The van der Waals surface area contributed by atoms with Gasteiger partial charge in [-0.05, 0) is 43.8 Å². The Bertz CT molecular complexity index is 930. The lowest BCUT2D eigenvalue weighted by molar-refractivity contribution is -0.384. The van der Waals surface area contributed by atoms with E-state index in [-0.39, 0.29) is 17.3 Å². The van der Waals surface area contributed by atoms with E-state index in [4.69, 9.17) is 23.2 Å². The normalized spacial score (nSPS) is 15.8. The number of likely N-dealkylation sites (N-methyl/N-ethyl adjacent to an activating group) is 1. The van der Waals surface area contributed by atoms with Gasteiger partial charge in [0.2, 0.25) is 0 Å². The number of piperazine rings is 1. The average molecular weight is 437 g/mol. The van der Waals surface area contributed by atoms with Crippen LogP contribution in [-0.4, -0.2) is 49.0 Å². The average Bonchev–Trinajstić information content (AvgIpc) is 2.68. The van der Waals surface area contributed by atoms with E-state index >= 15 is 0 Å². The number of benzene rings is 2. The summed E-state index contributed by atoms with van der Waals surface area (Å²) in [6, 6.07) is 9.26. The Kier molecular flexibility index (Phi) is 6.62. The quantitative estimate of drug-likeness (QED) is 0.562. The van der Waals surface area contributed by atoms with Crippen LogP contribution in [0.5, 0.6) is 0 Å². The SMILES string of the molecule is CC(NC(=O)c1ccc(N2CCN(C)CC2)c([N+](=O)[O-])c1)c1ccc(Cl)cc1Cl. The van der Waals surface area contributed by atoms with Crippen LogP contribution in [0.25, 0.3) is 0 Å². The molecule has 0 radical (unpaired) electrons. The van der Waals surface area contributed by atoms with Crippen molar-refractivity contribution in [3.63, 3.8) is 0 Å². The van der Waals surface area contributed by atoms with E-state index in [1.807, 2.05) is 11.9 Å². The molecule has 1 unspecified atom stereocenters. The fourth-order valence-corrected chi connectivity index (χ4v) is 3.91. The van der Waals surface area contributed by atoms with E-state index in [1.165, 1.54) is 6.07 Å². The zero-order valence-corrected chi connectivity index (χ0v) is 17.7. The van der Waals surface area contributed by atoms with Gasteiger partial charge < -0.3 is 15.1 Å². The first-order valence-corrected chi connectivity index (χ1v) is 9.99. The maximum Gasteiger partial charge on any atom is 0.293 e. The number of anilines is 1. The molecule has 1 saturated heterocycles. The Hall–Kier alpha value is -2.35. The predicted molar refractivity (Wildman–Crippen MR) is 115 cm³/mol. The van der Waals surface area contributed by atoms with Gasteiger partial charge in [-0.25, -0.2) is 0 Å². The lowest BCUT2D eigenvalue weighted by atomic mass is 10.1. The second kappa shape index (κ2) is 8.98. The van der Waals surface area contributed by atoms with Gasteiger partial charge in [0.15, 0.2) is 0 Å². The van der Waals surface area contributed by atoms with Crippen molar-refractivity contribution < 1.29 is 9.72 Å². The second-order valence-electron chi connectivity index (χ2n) is 7.11. The van der Waals surface area contributed by atoms with Gasteiger partial charge in [-0.2, -0.15) is 0 Å². The van der Waals surface area contributed by atoms with Gasteiger partial charge in [0, 0.05) is 47.9 Å². The van der Waals surface area contributed by atoms with Gasteiger partial charge in [0.25, 0.3) is 11.6 Å². The molecule has 154 valence electrons. The van der Waals surface area contributed by atoms with Crippen LogP contribution in [-0.2, 0) is 0 Å².